The number of alkyl halides is 3. The molecular weight excluding hydrogens is 335 g/mol. The fraction of sp³-hybridized carbons (Fsp3) is 0.0588. The van der Waals surface area contributed by atoms with Crippen LogP contribution in [0.15, 0.2) is 65.8 Å². The summed E-state index contributed by atoms with van der Waals surface area (Å²) in [5.74, 6) is -0.682. The molecule has 5 nitrogen and oxygen atoms in total. The number of nitrogens with one attached hydrogen (secondary N) is 2. The average molecular weight is 347 g/mol. The van der Waals surface area contributed by atoms with E-state index in [2.05, 4.69) is 5.32 Å². The summed E-state index contributed by atoms with van der Waals surface area (Å²) in [5.41, 5.74) is -1.42. The Hall–Kier alpha value is -3.29. The van der Waals surface area contributed by atoms with Crippen molar-refractivity contribution in [2.45, 2.75) is 6.18 Å². The van der Waals surface area contributed by atoms with Gasteiger partial charge in [0.15, 0.2) is 0 Å². The number of pyridine rings is 1. The Labute approximate surface area is 139 Å². The lowest BCUT2D eigenvalue weighted by Gasteiger charge is -2.10. The highest BCUT2D eigenvalue weighted by Gasteiger charge is 2.31. The Morgan fingerprint density at radius 2 is 1.80 bits per heavy atom. The molecule has 0 aliphatic heterocycles. The number of aromatic amines is 1. The van der Waals surface area contributed by atoms with Crippen LogP contribution in [0.5, 0.6) is 0 Å². The second kappa shape index (κ2) is 6.31. The van der Waals surface area contributed by atoms with Crippen molar-refractivity contribution >= 4 is 11.6 Å². The average Bonchev–Trinajstić information content (AvgIpc) is 3.10. The topological polar surface area (TPSA) is 66.9 Å². The summed E-state index contributed by atoms with van der Waals surface area (Å²) in [6, 6.07) is 10.7. The molecule has 1 aromatic carbocycles. The molecule has 0 bridgehead atoms. The van der Waals surface area contributed by atoms with Crippen molar-refractivity contribution in [1.29, 1.82) is 0 Å². The second-order valence-corrected chi connectivity index (χ2v) is 5.22. The summed E-state index contributed by atoms with van der Waals surface area (Å²) in [6.07, 6.45) is -0.494. The van der Waals surface area contributed by atoms with Gasteiger partial charge < -0.3 is 14.9 Å². The summed E-state index contributed by atoms with van der Waals surface area (Å²) in [7, 11) is 0. The molecule has 2 heterocycles. The predicted molar refractivity (Wildman–Crippen MR) is 85.8 cm³/mol. The molecule has 0 aliphatic rings. The fourth-order valence-electron chi connectivity index (χ4n) is 2.25. The number of amides is 1. The monoisotopic (exact) mass is 347 g/mol. The van der Waals surface area contributed by atoms with Crippen LogP contribution < -0.4 is 10.9 Å². The van der Waals surface area contributed by atoms with E-state index in [1.165, 1.54) is 6.07 Å². The first kappa shape index (κ1) is 16.6. The van der Waals surface area contributed by atoms with Gasteiger partial charge in [-0.05, 0) is 36.4 Å². The van der Waals surface area contributed by atoms with Crippen molar-refractivity contribution in [2.24, 2.45) is 0 Å². The van der Waals surface area contributed by atoms with Crippen molar-refractivity contribution in [3.05, 3.63) is 82.5 Å². The molecule has 3 rings (SSSR count). The van der Waals surface area contributed by atoms with Crippen LogP contribution in [0.25, 0.3) is 5.69 Å². The van der Waals surface area contributed by atoms with Crippen LogP contribution in [-0.4, -0.2) is 15.5 Å². The highest BCUT2D eigenvalue weighted by atomic mass is 19.4. The molecule has 25 heavy (non-hydrogen) atoms. The Kier molecular flexibility index (Phi) is 4.18. The molecule has 0 saturated carbocycles. The van der Waals surface area contributed by atoms with Crippen LogP contribution in [0.1, 0.15) is 15.9 Å². The minimum Gasteiger partial charge on any atom is -0.327 e. The van der Waals surface area contributed by atoms with E-state index in [1.54, 1.807) is 35.2 Å². The number of rotatable bonds is 3. The number of benzene rings is 1. The van der Waals surface area contributed by atoms with E-state index in [1.807, 2.05) is 17.1 Å². The third-order valence-corrected chi connectivity index (χ3v) is 3.49. The van der Waals surface area contributed by atoms with Crippen molar-refractivity contribution in [1.82, 2.24) is 9.55 Å². The molecule has 1 amide bonds. The minimum absolute atomic E-state index is 0.211. The van der Waals surface area contributed by atoms with Gasteiger partial charge in [-0.25, -0.2) is 0 Å². The van der Waals surface area contributed by atoms with E-state index in [4.69, 9.17) is 0 Å². The maximum Gasteiger partial charge on any atom is 0.417 e. The van der Waals surface area contributed by atoms with E-state index >= 15 is 0 Å². The third-order valence-electron chi connectivity index (χ3n) is 3.49. The van der Waals surface area contributed by atoms with Gasteiger partial charge in [-0.15, -0.1) is 0 Å². The van der Waals surface area contributed by atoms with Gasteiger partial charge in [0.2, 0.25) is 0 Å². The molecule has 0 saturated heterocycles. The summed E-state index contributed by atoms with van der Waals surface area (Å²) >= 11 is 0. The first-order chi connectivity index (χ1) is 11.8. The molecule has 8 heteroatoms. The largest absolute Gasteiger partial charge is 0.417 e. The third kappa shape index (κ3) is 3.63. The minimum atomic E-state index is -4.63. The van der Waals surface area contributed by atoms with Crippen LogP contribution >= 0.6 is 0 Å². The van der Waals surface area contributed by atoms with Crippen molar-refractivity contribution in [3.8, 4) is 5.69 Å². The van der Waals surface area contributed by atoms with E-state index in [0.29, 0.717) is 18.0 Å². The standard InChI is InChI=1S/C17H12F3N3O2/c18-17(19,20)12-9-14(16(25)21-10-12)22-15(24)11-4-3-5-13(8-11)23-6-1-2-7-23/h1-10H,(H,21,25)(H,22,24). The highest BCUT2D eigenvalue weighted by molar-refractivity contribution is 6.04. The van der Waals surface area contributed by atoms with E-state index in [9.17, 15) is 22.8 Å². The van der Waals surface area contributed by atoms with Gasteiger partial charge in [0, 0.05) is 29.8 Å². The number of halogens is 3. The number of carbonyl (C=O) groups excluding carboxylic acids is 1. The zero-order valence-electron chi connectivity index (χ0n) is 12.7. The number of hydrogen-bond donors (Lipinski definition) is 2. The van der Waals surface area contributed by atoms with Gasteiger partial charge in [0.1, 0.15) is 5.69 Å². The predicted octanol–water partition coefficient (Wildman–Crippen LogP) is 3.44. The normalized spacial score (nSPS) is 11.3. The van der Waals surface area contributed by atoms with Crippen molar-refractivity contribution in [2.75, 3.05) is 5.32 Å². The van der Waals surface area contributed by atoms with E-state index < -0.39 is 28.9 Å². The Balaban J connectivity index is 1.88. The maximum atomic E-state index is 12.7. The van der Waals surface area contributed by atoms with Crippen LogP contribution in [0.2, 0.25) is 0 Å². The first-order valence-electron chi connectivity index (χ1n) is 7.19. The lowest BCUT2D eigenvalue weighted by molar-refractivity contribution is -0.137. The smallest absolute Gasteiger partial charge is 0.327 e. The highest BCUT2D eigenvalue weighted by Crippen LogP contribution is 2.29. The van der Waals surface area contributed by atoms with Gasteiger partial charge in [-0.3, -0.25) is 9.59 Å². The van der Waals surface area contributed by atoms with E-state index in [-0.39, 0.29) is 5.56 Å². The quantitative estimate of drug-likeness (QED) is 0.762. The molecule has 0 spiro atoms. The molecular formula is C17H12F3N3O2. The zero-order chi connectivity index (χ0) is 18.0. The lowest BCUT2D eigenvalue weighted by Crippen LogP contribution is -2.21. The molecule has 2 aromatic heterocycles. The van der Waals surface area contributed by atoms with Gasteiger partial charge in [0.05, 0.1) is 5.56 Å². The van der Waals surface area contributed by atoms with Crippen LogP contribution in [0.3, 0.4) is 0 Å². The van der Waals surface area contributed by atoms with Crippen LogP contribution in [-0.2, 0) is 6.18 Å². The Bertz CT molecular complexity index is 960. The summed E-state index contributed by atoms with van der Waals surface area (Å²) in [5, 5.41) is 2.22. The molecule has 0 atom stereocenters. The number of aromatic nitrogens is 2. The first-order valence-corrected chi connectivity index (χ1v) is 7.19. The van der Waals surface area contributed by atoms with E-state index in [0.717, 1.165) is 0 Å². The Morgan fingerprint density at radius 1 is 1.08 bits per heavy atom. The summed E-state index contributed by atoms with van der Waals surface area (Å²) in [4.78, 5) is 25.9. The van der Waals surface area contributed by atoms with Crippen molar-refractivity contribution in [3.63, 3.8) is 0 Å². The lowest BCUT2D eigenvalue weighted by atomic mass is 10.1. The Morgan fingerprint density at radius 3 is 2.48 bits per heavy atom. The number of carbonyl (C=O) groups is 1. The van der Waals surface area contributed by atoms with Gasteiger partial charge in [0.25, 0.3) is 11.5 Å². The SMILES string of the molecule is O=C(Nc1cc(C(F)(F)F)c[nH]c1=O)c1cccc(-n2cccc2)c1. The van der Waals surface area contributed by atoms with Gasteiger partial charge in [-0.2, -0.15) is 13.2 Å². The number of anilines is 1. The molecule has 128 valence electrons. The van der Waals surface area contributed by atoms with Gasteiger partial charge >= 0.3 is 6.18 Å². The number of H-pyrrole nitrogens is 1. The van der Waals surface area contributed by atoms with Crippen LogP contribution in [0.4, 0.5) is 18.9 Å². The molecule has 0 fully saturated rings. The van der Waals surface area contributed by atoms with Crippen molar-refractivity contribution < 1.29 is 18.0 Å². The summed E-state index contributed by atoms with van der Waals surface area (Å²) < 4.78 is 40.0. The maximum absolute atomic E-state index is 12.7. The zero-order valence-corrected chi connectivity index (χ0v) is 12.7. The fourth-order valence-corrected chi connectivity index (χ4v) is 2.25. The molecule has 2 N–H and O–H groups in total. The number of nitrogens with zero attached hydrogens (tertiary/aromatic N) is 1. The second-order valence-electron chi connectivity index (χ2n) is 5.22. The molecule has 0 unspecified atom stereocenters. The number of hydrogen-bond acceptors (Lipinski definition) is 2. The molecule has 3 aromatic rings. The van der Waals surface area contributed by atoms with Gasteiger partial charge in [-0.1, -0.05) is 6.07 Å². The molecule has 0 aliphatic carbocycles. The molecule has 0 radical (unpaired) electrons. The summed E-state index contributed by atoms with van der Waals surface area (Å²) in [6.45, 7) is 0. The van der Waals surface area contributed by atoms with Crippen LogP contribution in [0, 0.1) is 0 Å².